The lowest BCUT2D eigenvalue weighted by molar-refractivity contribution is -0.113. The summed E-state index contributed by atoms with van der Waals surface area (Å²) in [6.45, 7) is 0. The molecule has 0 atom stereocenters. The van der Waals surface area contributed by atoms with Crippen molar-refractivity contribution in [2.45, 2.75) is 5.16 Å². The summed E-state index contributed by atoms with van der Waals surface area (Å²) in [6, 6.07) is 26.9. The van der Waals surface area contributed by atoms with Gasteiger partial charge in [-0.2, -0.15) is 0 Å². The fourth-order valence-corrected chi connectivity index (χ4v) is 4.92. The van der Waals surface area contributed by atoms with Gasteiger partial charge in [0.25, 0.3) is 0 Å². The quantitative estimate of drug-likeness (QED) is 0.266. The first-order valence-corrected chi connectivity index (χ1v) is 12.5. The molecular formula is C28H21N5O3S. The number of furan rings is 1. The predicted molar refractivity (Wildman–Crippen MR) is 144 cm³/mol. The van der Waals surface area contributed by atoms with Gasteiger partial charge in [-0.25, -0.2) is 0 Å². The van der Waals surface area contributed by atoms with Crippen molar-refractivity contribution in [2.24, 2.45) is 0 Å². The zero-order valence-corrected chi connectivity index (χ0v) is 20.6. The Labute approximate surface area is 216 Å². The summed E-state index contributed by atoms with van der Waals surface area (Å²) in [5, 5.41) is 14.2. The number of hydrogen-bond donors (Lipinski definition) is 1. The second-order valence-corrected chi connectivity index (χ2v) is 9.12. The van der Waals surface area contributed by atoms with Crippen LogP contribution in [0.1, 0.15) is 0 Å². The van der Waals surface area contributed by atoms with Crippen LogP contribution in [0.4, 0.5) is 5.69 Å². The highest BCUT2D eigenvalue weighted by molar-refractivity contribution is 7.99. The third-order valence-electron chi connectivity index (χ3n) is 5.85. The van der Waals surface area contributed by atoms with Crippen LogP contribution in [0.25, 0.3) is 39.1 Å². The Balaban J connectivity index is 1.26. The molecule has 182 valence electrons. The monoisotopic (exact) mass is 507 g/mol. The fourth-order valence-electron chi connectivity index (χ4n) is 4.17. The summed E-state index contributed by atoms with van der Waals surface area (Å²) in [5.41, 5.74) is 3.57. The highest BCUT2D eigenvalue weighted by Crippen LogP contribution is 2.36. The van der Waals surface area contributed by atoms with E-state index in [0.717, 1.165) is 22.0 Å². The van der Waals surface area contributed by atoms with Gasteiger partial charge < -0.3 is 14.5 Å². The van der Waals surface area contributed by atoms with Crippen LogP contribution in [0.5, 0.6) is 5.75 Å². The minimum absolute atomic E-state index is 0.120. The molecule has 0 saturated carbocycles. The van der Waals surface area contributed by atoms with Crippen molar-refractivity contribution in [1.29, 1.82) is 0 Å². The Morgan fingerprint density at radius 3 is 2.57 bits per heavy atom. The summed E-state index contributed by atoms with van der Waals surface area (Å²) in [5.74, 6) is 1.07. The number of aromatic nitrogens is 4. The van der Waals surface area contributed by atoms with Crippen LogP contribution in [-0.4, -0.2) is 38.5 Å². The summed E-state index contributed by atoms with van der Waals surface area (Å²) >= 11 is 1.29. The molecule has 0 aliphatic heterocycles. The molecule has 0 aliphatic rings. The van der Waals surface area contributed by atoms with Crippen molar-refractivity contribution in [3.05, 3.63) is 91.1 Å². The summed E-state index contributed by atoms with van der Waals surface area (Å²) < 4.78 is 13.4. The van der Waals surface area contributed by atoms with E-state index in [0.29, 0.717) is 33.7 Å². The first-order chi connectivity index (χ1) is 18.2. The summed E-state index contributed by atoms with van der Waals surface area (Å²) in [6.07, 6.45) is 1.71. The summed E-state index contributed by atoms with van der Waals surface area (Å²) in [7, 11) is 1.58. The SMILES string of the molecule is COc1cc2c(cc1NC(=O)CSc1nnc(-c3ccccn3)n1-c1ccccc1)oc1ccccc12. The molecule has 0 spiro atoms. The average Bonchev–Trinajstić information content (AvgIpc) is 3.53. The van der Waals surface area contributed by atoms with E-state index in [2.05, 4.69) is 20.5 Å². The van der Waals surface area contributed by atoms with Crippen LogP contribution < -0.4 is 10.1 Å². The Bertz CT molecular complexity index is 1710. The minimum Gasteiger partial charge on any atom is -0.495 e. The topological polar surface area (TPSA) is 95.1 Å². The van der Waals surface area contributed by atoms with Crippen LogP contribution in [0.15, 0.2) is 101 Å². The second kappa shape index (κ2) is 9.79. The van der Waals surface area contributed by atoms with Crippen molar-refractivity contribution >= 4 is 45.3 Å². The highest BCUT2D eigenvalue weighted by atomic mass is 32.2. The Kier molecular flexibility index (Phi) is 6.03. The molecule has 6 rings (SSSR count). The first kappa shape index (κ1) is 22.8. The zero-order valence-electron chi connectivity index (χ0n) is 19.8. The molecule has 0 bridgehead atoms. The van der Waals surface area contributed by atoms with E-state index in [1.54, 1.807) is 19.4 Å². The molecular weight excluding hydrogens is 486 g/mol. The maximum absolute atomic E-state index is 13.0. The van der Waals surface area contributed by atoms with Gasteiger partial charge in [-0.15, -0.1) is 10.2 Å². The van der Waals surface area contributed by atoms with Crippen molar-refractivity contribution in [3.8, 4) is 23.0 Å². The van der Waals surface area contributed by atoms with Gasteiger partial charge in [0.05, 0.1) is 18.6 Å². The van der Waals surface area contributed by atoms with Crippen molar-refractivity contribution in [2.75, 3.05) is 18.2 Å². The molecule has 3 aromatic heterocycles. The number of methoxy groups -OCH3 is 1. The van der Waals surface area contributed by atoms with Gasteiger partial charge in [0.15, 0.2) is 11.0 Å². The van der Waals surface area contributed by atoms with Gasteiger partial charge in [0, 0.05) is 28.7 Å². The molecule has 0 unspecified atom stereocenters. The predicted octanol–water partition coefficient (Wildman–Crippen LogP) is 5.97. The molecule has 0 saturated heterocycles. The van der Waals surface area contributed by atoms with E-state index < -0.39 is 0 Å². The molecule has 0 radical (unpaired) electrons. The standard InChI is InChI=1S/C28H21N5O3S/c1-35-25-15-20-19-11-5-6-13-23(19)36-24(20)16-22(25)30-26(34)17-37-28-32-31-27(21-12-7-8-14-29-21)33(28)18-9-3-2-4-10-18/h2-16H,17H2,1H3,(H,30,34). The largest absolute Gasteiger partial charge is 0.495 e. The lowest BCUT2D eigenvalue weighted by Crippen LogP contribution is -2.15. The number of hydrogen-bond acceptors (Lipinski definition) is 7. The molecule has 1 N–H and O–H groups in total. The zero-order chi connectivity index (χ0) is 25.2. The fraction of sp³-hybridized carbons (Fsp3) is 0.0714. The molecule has 0 fully saturated rings. The highest BCUT2D eigenvalue weighted by Gasteiger charge is 2.19. The third-order valence-corrected chi connectivity index (χ3v) is 6.78. The van der Waals surface area contributed by atoms with E-state index in [9.17, 15) is 4.79 Å². The van der Waals surface area contributed by atoms with Crippen LogP contribution in [0.3, 0.4) is 0 Å². The van der Waals surface area contributed by atoms with Gasteiger partial charge in [-0.3, -0.25) is 14.3 Å². The van der Waals surface area contributed by atoms with Crippen molar-refractivity contribution in [3.63, 3.8) is 0 Å². The van der Waals surface area contributed by atoms with Crippen LogP contribution in [0, 0.1) is 0 Å². The van der Waals surface area contributed by atoms with E-state index in [-0.39, 0.29) is 11.7 Å². The Morgan fingerprint density at radius 1 is 0.946 bits per heavy atom. The number of pyridine rings is 1. The number of rotatable bonds is 7. The molecule has 37 heavy (non-hydrogen) atoms. The number of amides is 1. The number of thioether (sulfide) groups is 1. The number of anilines is 1. The smallest absolute Gasteiger partial charge is 0.234 e. The second-order valence-electron chi connectivity index (χ2n) is 8.18. The number of fused-ring (bicyclic) bond motifs is 3. The van der Waals surface area contributed by atoms with E-state index in [1.165, 1.54) is 11.8 Å². The van der Waals surface area contributed by atoms with Gasteiger partial charge >= 0.3 is 0 Å². The van der Waals surface area contributed by atoms with E-state index >= 15 is 0 Å². The first-order valence-electron chi connectivity index (χ1n) is 11.6. The molecule has 8 nitrogen and oxygen atoms in total. The van der Waals surface area contributed by atoms with E-state index in [1.807, 2.05) is 83.4 Å². The number of carbonyl (C=O) groups is 1. The number of benzene rings is 3. The van der Waals surface area contributed by atoms with Crippen LogP contribution >= 0.6 is 11.8 Å². The lowest BCUT2D eigenvalue weighted by Gasteiger charge is -2.11. The molecule has 6 aromatic rings. The maximum atomic E-state index is 13.0. The molecule has 1 amide bonds. The number of ether oxygens (including phenoxy) is 1. The maximum Gasteiger partial charge on any atom is 0.234 e. The van der Waals surface area contributed by atoms with Gasteiger partial charge in [-0.05, 0) is 36.4 Å². The van der Waals surface area contributed by atoms with Gasteiger partial charge in [0.1, 0.15) is 22.6 Å². The number of para-hydroxylation sites is 2. The molecule has 3 heterocycles. The molecule has 9 heteroatoms. The van der Waals surface area contributed by atoms with Crippen LogP contribution in [0.2, 0.25) is 0 Å². The normalized spacial score (nSPS) is 11.2. The number of carbonyl (C=O) groups excluding carboxylic acids is 1. The third kappa shape index (κ3) is 4.41. The Morgan fingerprint density at radius 2 is 1.76 bits per heavy atom. The molecule has 0 aliphatic carbocycles. The van der Waals surface area contributed by atoms with E-state index in [4.69, 9.17) is 9.15 Å². The average molecular weight is 508 g/mol. The number of nitrogens with zero attached hydrogens (tertiary/aromatic N) is 4. The van der Waals surface area contributed by atoms with Crippen molar-refractivity contribution < 1.29 is 13.9 Å². The summed E-state index contributed by atoms with van der Waals surface area (Å²) in [4.78, 5) is 17.4. The van der Waals surface area contributed by atoms with Crippen LogP contribution in [-0.2, 0) is 4.79 Å². The van der Waals surface area contributed by atoms with Crippen molar-refractivity contribution in [1.82, 2.24) is 19.7 Å². The minimum atomic E-state index is -0.208. The lowest BCUT2D eigenvalue weighted by atomic mass is 10.1. The van der Waals surface area contributed by atoms with Gasteiger partial charge in [-0.1, -0.05) is 54.2 Å². The Hall–Kier alpha value is -4.63. The number of nitrogens with one attached hydrogen (secondary N) is 1. The molecule has 3 aromatic carbocycles. The van der Waals surface area contributed by atoms with Gasteiger partial charge in [0.2, 0.25) is 5.91 Å².